The van der Waals surface area contributed by atoms with Crippen LogP contribution in [0.2, 0.25) is 5.02 Å². The molecule has 0 spiro atoms. The van der Waals surface area contributed by atoms with Gasteiger partial charge in [-0.1, -0.05) is 11.6 Å². The molecule has 0 amide bonds. The quantitative estimate of drug-likeness (QED) is 0.922. The highest BCUT2D eigenvalue weighted by atomic mass is 35.5. The van der Waals surface area contributed by atoms with E-state index in [9.17, 15) is 9.59 Å². The zero-order valence-corrected chi connectivity index (χ0v) is 11.1. The molecule has 1 aromatic carbocycles. The van der Waals surface area contributed by atoms with Gasteiger partial charge in [0.15, 0.2) is 11.9 Å². The molecule has 0 aromatic heterocycles. The summed E-state index contributed by atoms with van der Waals surface area (Å²) < 4.78 is 5.63. The first-order valence-electron chi connectivity index (χ1n) is 6.21. The van der Waals surface area contributed by atoms with E-state index in [-0.39, 0.29) is 18.1 Å². The summed E-state index contributed by atoms with van der Waals surface area (Å²) in [6.07, 6.45) is 1.03. The van der Waals surface area contributed by atoms with Crippen LogP contribution in [0.25, 0.3) is 0 Å². The second-order valence-electron chi connectivity index (χ2n) is 4.76. The number of hydrogen-bond acceptors (Lipinski definition) is 3. The van der Waals surface area contributed by atoms with Crippen LogP contribution in [0, 0.1) is 5.92 Å². The molecule has 5 heteroatoms. The van der Waals surface area contributed by atoms with Gasteiger partial charge in [0.05, 0.1) is 0 Å². The molecule has 1 aromatic rings. The summed E-state index contributed by atoms with van der Waals surface area (Å²) in [6, 6.07) is 6.80. The number of ketones is 1. The Labute approximate surface area is 116 Å². The Morgan fingerprint density at radius 1 is 1.37 bits per heavy atom. The van der Waals surface area contributed by atoms with E-state index in [4.69, 9.17) is 21.4 Å². The zero-order valence-electron chi connectivity index (χ0n) is 10.3. The molecule has 102 valence electrons. The summed E-state index contributed by atoms with van der Waals surface area (Å²) in [5.41, 5.74) is 0. The van der Waals surface area contributed by atoms with Crippen LogP contribution in [0.4, 0.5) is 0 Å². The zero-order chi connectivity index (χ0) is 13.8. The lowest BCUT2D eigenvalue weighted by molar-refractivity contribution is -0.140. The molecular weight excluding hydrogens is 268 g/mol. The Morgan fingerprint density at radius 2 is 2.05 bits per heavy atom. The smallest absolute Gasteiger partial charge is 0.303 e. The fourth-order valence-electron chi connectivity index (χ4n) is 2.28. The number of carbonyl (C=O) groups is 2. The van der Waals surface area contributed by atoms with Gasteiger partial charge in [-0.2, -0.15) is 0 Å². The molecule has 0 bridgehead atoms. The second kappa shape index (κ2) is 6.06. The summed E-state index contributed by atoms with van der Waals surface area (Å²) in [7, 11) is 0. The summed E-state index contributed by atoms with van der Waals surface area (Å²) in [5.74, 6) is -0.201. The van der Waals surface area contributed by atoms with Crippen LogP contribution >= 0.6 is 11.6 Å². The largest absolute Gasteiger partial charge is 0.483 e. The summed E-state index contributed by atoms with van der Waals surface area (Å²) >= 11 is 5.78. The topological polar surface area (TPSA) is 63.6 Å². The molecule has 4 nitrogen and oxygen atoms in total. The van der Waals surface area contributed by atoms with Crippen LogP contribution in [0.5, 0.6) is 5.75 Å². The molecule has 2 unspecified atom stereocenters. The van der Waals surface area contributed by atoms with Crippen LogP contribution in [0.15, 0.2) is 24.3 Å². The van der Waals surface area contributed by atoms with Gasteiger partial charge in [0.1, 0.15) is 5.75 Å². The average Bonchev–Trinajstić information content (AvgIpc) is 2.35. The highest BCUT2D eigenvalue weighted by Crippen LogP contribution is 2.28. The van der Waals surface area contributed by atoms with Crippen molar-refractivity contribution in [3.05, 3.63) is 29.3 Å². The summed E-state index contributed by atoms with van der Waals surface area (Å²) in [6.45, 7) is 0. The molecule has 0 heterocycles. The lowest BCUT2D eigenvalue weighted by Crippen LogP contribution is -2.35. The normalized spacial score (nSPS) is 23.1. The van der Waals surface area contributed by atoms with Crippen molar-refractivity contribution in [2.45, 2.75) is 31.8 Å². The van der Waals surface area contributed by atoms with Gasteiger partial charge in [-0.25, -0.2) is 0 Å². The molecule has 1 N–H and O–H groups in total. The van der Waals surface area contributed by atoms with Crippen molar-refractivity contribution in [1.29, 1.82) is 0 Å². The fraction of sp³-hybridized carbons (Fsp3) is 0.429. The van der Waals surface area contributed by atoms with Crippen molar-refractivity contribution in [1.82, 2.24) is 0 Å². The number of carboxylic acids is 1. The predicted octanol–water partition coefficient (Wildman–Crippen LogP) is 2.93. The molecule has 1 saturated carbocycles. The lowest BCUT2D eigenvalue weighted by Gasteiger charge is -2.27. The van der Waals surface area contributed by atoms with Crippen LogP contribution in [-0.2, 0) is 9.59 Å². The number of carbonyl (C=O) groups excluding carboxylic acids is 1. The number of carboxylic acid groups (broad SMARTS) is 1. The lowest BCUT2D eigenvalue weighted by atomic mass is 9.84. The molecule has 0 radical (unpaired) electrons. The van der Waals surface area contributed by atoms with Crippen LogP contribution in [-0.4, -0.2) is 23.0 Å². The number of halogens is 1. The van der Waals surface area contributed by atoms with E-state index in [0.29, 0.717) is 30.0 Å². The molecule has 19 heavy (non-hydrogen) atoms. The second-order valence-corrected chi connectivity index (χ2v) is 5.20. The first-order chi connectivity index (χ1) is 9.04. The van der Waals surface area contributed by atoms with Crippen molar-refractivity contribution >= 4 is 23.4 Å². The number of hydrogen-bond donors (Lipinski definition) is 1. The van der Waals surface area contributed by atoms with E-state index in [1.807, 2.05) is 0 Å². The van der Waals surface area contributed by atoms with Gasteiger partial charge >= 0.3 is 5.97 Å². The minimum Gasteiger partial charge on any atom is -0.483 e. The number of Topliss-reactive ketones (excluding diaryl/α,β-unsaturated/α-hetero) is 1. The van der Waals surface area contributed by atoms with Gasteiger partial charge in [-0.3, -0.25) is 9.59 Å². The Bertz CT molecular complexity index is 469. The maximum Gasteiger partial charge on any atom is 0.303 e. The highest BCUT2D eigenvalue weighted by molar-refractivity contribution is 6.30. The number of ether oxygens (including phenoxy) is 1. The molecule has 0 saturated heterocycles. The predicted molar refractivity (Wildman–Crippen MR) is 70.5 cm³/mol. The molecule has 0 aliphatic heterocycles. The number of aliphatic carboxylic acids is 1. The first-order valence-corrected chi connectivity index (χ1v) is 6.59. The van der Waals surface area contributed by atoms with Crippen molar-refractivity contribution in [2.75, 3.05) is 0 Å². The number of rotatable bonds is 4. The van der Waals surface area contributed by atoms with Gasteiger partial charge in [0, 0.05) is 17.9 Å². The third-order valence-corrected chi connectivity index (χ3v) is 3.51. The van der Waals surface area contributed by atoms with E-state index < -0.39 is 12.1 Å². The van der Waals surface area contributed by atoms with Crippen LogP contribution in [0.3, 0.4) is 0 Å². The Morgan fingerprint density at radius 3 is 2.68 bits per heavy atom. The molecule has 1 aliphatic carbocycles. The maximum absolute atomic E-state index is 11.8. The molecule has 2 rings (SSSR count). The summed E-state index contributed by atoms with van der Waals surface area (Å²) in [5, 5.41) is 9.40. The van der Waals surface area contributed by atoms with E-state index >= 15 is 0 Å². The van der Waals surface area contributed by atoms with Crippen molar-refractivity contribution < 1.29 is 19.4 Å². The average molecular weight is 283 g/mol. The third-order valence-electron chi connectivity index (χ3n) is 3.26. The monoisotopic (exact) mass is 282 g/mol. The summed E-state index contributed by atoms with van der Waals surface area (Å²) in [4.78, 5) is 22.5. The van der Waals surface area contributed by atoms with E-state index in [0.717, 1.165) is 0 Å². The van der Waals surface area contributed by atoms with E-state index in [1.165, 1.54) is 0 Å². The standard InChI is InChI=1S/C14H15ClO4/c15-10-2-4-11(5-3-10)19-13-7-9(8-14(17)18)1-6-12(13)16/h2-5,9,13H,1,6-8H2,(H,17,18). The SMILES string of the molecule is O=C(O)CC1CCC(=O)C(Oc2ccc(Cl)cc2)C1. The maximum atomic E-state index is 11.8. The fourth-order valence-corrected chi connectivity index (χ4v) is 2.41. The Kier molecular flexibility index (Phi) is 4.43. The van der Waals surface area contributed by atoms with Crippen molar-refractivity contribution in [3.63, 3.8) is 0 Å². The Balaban J connectivity index is 1.99. The molecular formula is C14H15ClO4. The van der Waals surface area contributed by atoms with Crippen molar-refractivity contribution in [2.24, 2.45) is 5.92 Å². The highest BCUT2D eigenvalue weighted by Gasteiger charge is 2.31. The van der Waals surface area contributed by atoms with Gasteiger partial charge in [0.2, 0.25) is 0 Å². The molecule has 2 atom stereocenters. The van der Waals surface area contributed by atoms with Gasteiger partial charge < -0.3 is 9.84 Å². The minimum atomic E-state index is -0.829. The molecule has 1 fully saturated rings. The Hall–Kier alpha value is -1.55. The van der Waals surface area contributed by atoms with Gasteiger partial charge in [0.25, 0.3) is 0 Å². The van der Waals surface area contributed by atoms with Gasteiger partial charge in [-0.05, 0) is 43.0 Å². The first kappa shape index (κ1) is 13.9. The number of benzene rings is 1. The molecule has 1 aliphatic rings. The minimum absolute atomic E-state index is 0.00694. The van der Waals surface area contributed by atoms with Crippen LogP contribution < -0.4 is 4.74 Å². The van der Waals surface area contributed by atoms with Crippen LogP contribution in [0.1, 0.15) is 25.7 Å². The van der Waals surface area contributed by atoms with Gasteiger partial charge in [-0.15, -0.1) is 0 Å². The van der Waals surface area contributed by atoms with Crippen molar-refractivity contribution in [3.8, 4) is 5.75 Å². The van der Waals surface area contributed by atoms with E-state index in [1.54, 1.807) is 24.3 Å². The van der Waals surface area contributed by atoms with E-state index in [2.05, 4.69) is 0 Å². The third kappa shape index (κ3) is 3.96.